The number of esters is 1. The van der Waals surface area contributed by atoms with Gasteiger partial charge in [-0.3, -0.25) is 19.7 Å². The van der Waals surface area contributed by atoms with E-state index in [4.69, 9.17) is 32.7 Å². The molecule has 0 saturated carbocycles. The highest BCUT2D eigenvalue weighted by molar-refractivity contribution is 9.10. The fourth-order valence-electron chi connectivity index (χ4n) is 3.79. The number of nitrogens with zero attached hydrogens (tertiary/aromatic N) is 1. The molecule has 0 unspecified atom stereocenters. The summed E-state index contributed by atoms with van der Waals surface area (Å²) < 4.78 is 16.1. The van der Waals surface area contributed by atoms with Crippen molar-refractivity contribution in [3.05, 3.63) is 85.8 Å². The maximum Gasteiger partial charge on any atom is 0.337 e. The molecule has 5 amide bonds. The van der Waals surface area contributed by atoms with Gasteiger partial charge in [-0.2, -0.15) is 0 Å². The molecule has 0 radical (unpaired) electrons. The van der Waals surface area contributed by atoms with Gasteiger partial charge in [-0.15, -0.1) is 0 Å². The third-order valence-electron chi connectivity index (χ3n) is 5.76. The van der Waals surface area contributed by atoms with Crippen LogP contribution in [0.4, 0.5) is 16.2 Å². The first kappa shape index (κ1) is 30.6. The lowest BCUT2D eigenvalue weighted by Gasteiger charge is -2.26. The SMILES string of the molecule is COC(=O)c1ccc(N2C(=O)NC(=O)/C(=C/c3cc(Br)c(OCC(=O)Nc4ccc(Cl)c(Cl)c4)c(OC)c3)C2=O)cc1. The summed E-state index contributed by atoms with van der Waals surface area (Å²) in [6, 6.07) is 12.2. The molecule has 0 spiro atoms. The smallest absolute Gasteiger partial charge is 0.337 e. The van der Waals surface area contributed by atoms with Crippen LogP contribution in [0.1, 0.15) is 15.9 Å². The number of amides is 5. The van der Waals surface area contributed by atoms with Crippen molar-refractivity contribution in [3.8, 4) is 11.5 Å². The summed E-state index contributed by atoms with van der Waals surface area (Å²) in [5, 5.41) is 5.39. The van der Waals surface area contributed by atoms with Gasteiger partial charge in [0.1, 0.15) is 5.57 Å². The highest BCUT2D eigenvalue weighted by Gasteiger charge is 2.37. The van der Waals surface area contributed by atoms with Crippen LogP contribution in [0, 0.1) is 0 Å². The zero-order valence-electron chi connectivity index (χ0n) is 21.8. The van der Waals surface area contributed by atoms with E-state index in [0.29, 0.717) is 20.7 Å². The Labute approximate surface area is 257 Å². The van der Waals surface area contributed by atoms with Gasteiger partial charge in [0.2, 0.25) is 0 Å². The lowest BCUT2D eigenvalue weighted by molar-refractivity contribution is -0.122. The van der Waals surface area contributed by atoms with Gasteiger partial charge >= 0.3 is 12.0 Å². The summed E-state index contributed by atoms with van der Waals surface area (Å²) in [4.78, 5) is 63.3. The lowest BCUT2D eigenvalue weighted by atomic mass is 10.1. The second kappa shape index (κ2) is 13.1. The first-order valence-corrected chi connectivity index (χ1v) is 13.4. The molecule has 1 aliphatic heterocycles. The van der Waals surface area contributed by atoms with Gasteiger partial charge in [-0.1, -0.05) is 23.2 Å². The van der Waals surface area contributed by atoms with Gasteiger partial charge in [-0.05, 0) is 82.2 Å². The van der Waals surface area contributed by atoms with Crippen LogP contribution in [-0.2, 0) is 19.1 Å². The van der Waals surface area contributed by atoms with Crippen LogP contribution in [0.25, 0.3) is 6.08 Å². The van der Waals surface area contributed by atoms with Gasteiger partial charge in [0, 0.05) is 5.69 Å². The van der Waals surface area contributed by atoms with E-state index in [-0.39, 0.29) is 40.0 Å². The van der Waals surface area contributed by atoms with E-state index >= 15 is 0 Å². The molecule has 3 aromatic carbocycles. The number of urea groups is 1. The van der Waals surface area contributed by atoms with E-state index in [2.05, 4.69) is 31.3 Å². The van der Waals surface area contributed by atoms with Crippen LogP contribution in [0.2, 0.25) is 10.0 Å². The fourth-order valence-corrected chi connectivity index (χ4v) is 4.67. The van der Waals surface area contributed by atoms with Crippen LogP contribution in [-0.4, -0.2) is 50.5 Å². The van der Waals surface area contributed by atoms with Crippen LogP contribution in [0.3, 0.4) is 0 Å². The Morgan fingerprint density at radius 2 is 1.71 bits per heavy atom. The molecule has 1 fully saturated rings. The molecule has 11 nitrogen and oxygen atoms in total. The second-order valence-electron chi connectivity index (χ2n) is 8.50. The van der Waals surface area contributed by atoms with Crippen LogP contribution < -0.4 is 25.0 Å². The number of ether oxygens (including phenoxy) is 3. The Kier molecular flexibility index (Phi) is 9.51. The van der Waals surface area contributed by atoms with Crippen LogP contribution in [0.15, 0.2) is 64.6 Å². The maximum atomic E-state index is 13.3. The average Bonchev–Trinajstić information content (AvgIpc) is 2.96. The minimum atomic E-state index is -0.949. The molecule has 0 aromatic heterocycles. The highest BCUT2D eigenvalue weighted by Crippen LogP contribution is 2.37. The number of rotatable bonds is 8. The maximum absolute atomic E-state index is 13.3. The summed E-state index contributed by atoms with van der Waals surface area (Å²) in [5.41, 5.74) is 0.776. The molecule has 1 heterocycles. The van der Waals surface area contributed by atoms with Crippen molar-refractivity contribution < 1.29 is 38.2 Å². The van der Waals surface area contributed by atoms with Crippen molar-refractivity contribution in [3.63, 3.8) is 0 Å². The normalized spacial score (nSPS) is 14.0. The van der Waals surface area contributed by atoms with E-state index in [1.54, 1.807) is 12.1 Å². The molecule has 2 N–H and O–H groups in total. The van der Waals surface area contributed by atoms with Crippen LogP contribution in [0.5, 0.6) is 11.5 Å². The quantitative estimate of drug-likeness (QED) is 0.188. The summed E-state index contributed by atoms with van der Waals surface area (Å²) in [6.45, 7) is -0.387. The number of methoxy groups -OCH3 is 2. The Morgan fingerprint density at radius 3 is 2.36 bits per heavy atom. The van der Waals surface area contributed by atoms with Gasteiger partial charge in [0.25, 0.3) is 17.7 Å². The van der Waals surface area contributed by atoms with Crippen molar-refractivity contribution in [1.82, 2.24) is 5.32 Å². The van der Waals surface area contributed by atoms with Crippen molar-refractivity contribution in [2.75, 3.05) is 31.0 Å². The first-order chi connectivity index (χ1) is 20.0. The average molecular weight is 677 g/mol. The zero-order valence-corrected chi connectivity index (χ0v) is 24.9. The number of halogens is 3. The highest BCUT2D eigenvalue weighted by atomic mass is 79.9. The largest absolute Gasteiger partial charge is 0.493 e. The summed E-state index contributed by atoms with van der Waals surface area (Å²) in [7, 11) is 2.60. The van der Waals surface area contributed by atoms with Gasteiger partial charge in [0.05, 0.1) is 40.0 Å². The molecular formula is C28H20BrCl2N3O8. The lowest BCUT2D eigenvalue weighted by Crippen LogP contribution is -2.54. The standard InChI is InChI=1S/C28H20BrCl2N3O8/c1-40-22-11-14(10-19(29)24(22)42-13-23(35)32-16-5-8-20(30)21(31)12-16)9-18-25(36)33-28(39)34(26(18)37)17-6-3-15(4-7-17)27(38)41-2/h3-12H,13H2,1-2H3,(H,32,35)(H,33,36,39)/b18-9-. The number of anilines is 2. The molecule has 1 saturated heterocycles. The molecule has 0 bridgehead atoms. The number of nitrogens with one attached hydrogen (secondary N) is 2. The van der Waals surface area contributed by atoms with Gasteiger partial charge in [0.15, 0.2) is 18.1 Å². The molecule has 14 heteroatoms. The fraction of sp³-hybridized carbons (Fsp3) is 0.107. The first-order valence-electron chi connectivity index (χ1n) is 11.9. The van der Waals surface area contributed by atoms with Gasteiger partial charge < -0.3 is 19.5 Å². The number of barbiturate groups is 1. The molecule has 4 rings (SSSR count). The second-order valence-corrected chi connectivity index (χ2v) is 10.2. The van der Waals surface area contributed by atoms with E-state index in [9.17, 15) is 24.0 Å². The van der Waals surface area contributed by atoms with Crippen molar-refractivity contribution in [1.29, 1.82) is 0 Å². The Morgan fingerprint density at radius 1 is 1.00 bits per heavy atom. The number of carbonyl (C=O) groups excluding carboxylic acids is 5. The van der Waals surface area contributed by atoms with E-state index < -0.39 is 29.7 Å². The summed E-state index contributed by atoms with van der Waals surface area (Å²) in [6.07, 6.45) is 1.27. The Balaban J connectivity index is 1.54. The summed E-state index contributed by atoms with van der Waals surface area (Å²) in [5.74, 6) is -2.49. The van der Waals surface area contributed by atoms with Crippen molar-refractivity contribution >= 4 is 86.3 Å². The zero-order chi connectivity index (χ0) is 30.6. The number of hydrogen-bond acceptors (Lipinski definition) is 8. The van der Waals surface area contributed by atoms with Crippen molar-refractivity contribution in [2.24, 2.45) is 0 Å². The van der Waals surface area contributed by atoms with E-state index in [1.165, 1.54) is 62.8 Å². The molecule has 42 heavy (non-hydrogen) atoms. The minimum Gasteiger partial charge on any atom is -0.493 e. The Hall–Kier alpha value is -4.39. The number of hydrogen-bond donors (Lipinski definition) is 2. The third-order valence-corrected chi connectivity index (χ3v) is 7.09. The van der Waals surface area contributed by atoms with E-state index in [0.717, 1.165) is 4.90 Å². The topological polar surface area (TPSA) is 140 Å². The monoisotopic (exact) mass is 675 g/mol. The summed E-state index contributed by atoms with van der Waals surface area (Å²) >= 11 is 15.2. The molecule has 3 aromatic rings. The minimum absolute atomic E-state index is 0.130. The predicted octanol–water partition coefficient (Wildman–Crippen LogP) is 5.24. The molecule has 216 valence electrons. The van der Waals surface area contributed by atoms with Gasteiger partial charge in [-0.25, -0.2) is 14.5 Å². The molecule has 1 aliphatic rings. The predicted molar refractivity (Wildman–Crippen MR) is 158 cm³/mol. The van der Waals surface area contributed by atoms with Crippen molar-refractivity contribution in [2.45, 2.75) is 0 Å². The number of imide groups is 2. The molecule has 0 aliphatic carbocycles. The van der Waals surface area contributed by atoms with Crippen LogP contribution >= 0.6 is 39.1 Å². The number of carbonyl (C=O) groups is 5. The molecule has 0 atom stereocenters. The third kappa shape index (κ3) is 6.73. The molecular weight excluding hydrogens is 657 g/mol. The Bertz CT molecular complexity index is 1640. The number of benzene rings is 3. The van der Waals surface area contributed by atoms with E-state index in [1.807, 2.05) is 0 Å².